The third-order valence-electron chi connectivity index (χ3n) is 3.97. The highest BCUT2D eigenvalue weighted by atomic mass is 16.4. The Kier molecular flexibility index (Phi) is 4.71. The summed E-state index contributed by atoms with van der Waals surface area (Å²) in [6.07, 6.45) is 4.62. The summed E-state index contributed by atoms with van der Waals surface area (Å²) < 4.78 is 0. The first kappa shape index (κ1) is 14.5. The maximum atomic E-state index is 12.1. The van der Waals surface area contributed by atoms with Crippen molar-refractivity contribution in [3.05, 3.63) is 29.6 Å². The summed E-state index contributed by atoms with van der Waals surface area (Å²) in [6.45, 7) is 2.41. The van der Waals surface area contributed by atoms with Crippen molar-refractivity contribution in [2.45, 2.75) is 39.2 Å². The predicted molar refractivity (Wildman–Crippen MR) is 73.9 cm³/mol. The van der Waals surface area contributed by atoms with Crippen molar-refractivity contribution >= 4 is 11.9 Å². The van der Waals surface area contributed by atoms with Crippen molar-refractivity contribution in [3.8, 4) is 0 Å². The molecule has 20 heavy (non-hydrogen) atoms. The fourth-order valence-corrected chi connectivity index (χ4v) is 2.82. The van der Waals surface area contributed by atoms with Gasteiger partial charge in [-0.25, -0.2) is 0 Å². The van der Waals surface area contributed by atoms with Gasteiger partial charge in [0.05, 0.1) is 24.1 Å². The van der Waals surface area contributed by atoms with Crippen molar-refractivity contribution < 1.29 is 14.7 Å². The summed E-state index contributed by atoms with van der Waals surface area (Å²) in [5, 5.41) is 11.9. The first-order valence-corrected chi connectivity index (χ1v) is 7.06. The summed E-state index contributed by atoms with van der Waals surface area (Å²) in [4.78, 5) is 27.5. The first-order valence-electron chi connectivity index (χ1n) is 7.06. The number of nitrogens with zero attached hydrogens (tertiary/aromatic N) is 1. The Bertz CT molecular complexity index is 502. The number of hydrogen-bond donors (Lipinski definition) is 2. The molecule has 1 heterocycles. The van der Waals surface area contributed by atoms with E-state index in [0.717, 1.165) is 24.1 Å². The molecule has 5 nitrogen and oxygen atoms in total. The lowest BCUT2D eigenvalue weighted by Crippen LogP contribution is -2.35. The lowest BCUT2D eigenvalue weighted by molar-refractivity contribution is -0.146. The van der Waals surface area contributed by atoms with Crippen LogP contribution in [0, 0.1) is 11.8 Å². The van der Waals surface area contributed by atoms with Crippen molar-refractivity contribution in [2.24, 2.45) is 11.8 Å². The van der Waals surface area contributed by atoms with Gasteiger partial charge in [0.1, 0.15) is 0 Å². The molecule has 1 aliphatic rings. The van der Waals surface area contributed by atoms with E-state index in [1.807, 2.05) is 19.1 Å². The predicted octanol–water partition coefficient (Wildman–Crippen LogP) is 1.76. The Morgan fingerprint density at radius 3 is 2.85 bits per heavy atom. The molecule has 2 N–H and O–H groups in total. The average molecular weight is 276 g/mol. The number of aromatic nitrogens is 1. The molecular weight excluding hydrogens is 256 g/mol. The second-order valence-corrected chi connectivity index (χ2v) is 5.16. The highest BCUT2D eigenvalue weighted by molar-refractivity contribution is 5.85. The van der Waals surface area contributed by atoms with Crippen LogP contribution in [-0.4, -0.2) is 22.0 Å². The second-order valence-electron chi connectivity index (χ2n) is 5.16. The highest BCUT2D eigenvalue weighted by Gasteiger charge is 2.37. The number of nitrogens with one attached hydrogen (secondary N) is 1. The Morgan fingerprint density at radius 1 is 1.40 bits per heavy atom. The van der Waals surface area contributed by atoms with E-state index >= 15 is 0 Å². The lowest BCUT2D eigenvalue weighted by atomic mass is 9.95. The van der Waals surface area contributed by atoms with E-state index in [0.29, 0.717) is 19.4 Å². The minimum absolute atomic E-state index is 0.164. The molecule has 108 valence electrons. The number of hydrogen-bond acceptors (Lipinski definition) is 3. The van der Waals surface area contributed by atoms with Gasteiger partial charge < -0.3 is 10.4 Å². The molecule has 2 atom stereocenters. The number of rotatable bonds is 5. The van der Waals surface area contributed by atoms with Gasteiger partial charge in [0.2, 0.25) is 5.91 Å². The molecule has 0 aromatic carbocycles. The molecular formula is C15H20N2O3. The molecule has 1 saturated carbocycles. The van der Waals surface area contributed by atoms with E-state index in [-0.39, 0.29) is 5.91 Å². The standard InChI is InChI=1S/C15H20N2O3/c1-2-10-5-4-8-16-13(10)9-17-14(18)11-6-3-7-12(11)15(19)20/h4-5,8,11-12H,2-3,6-7,9H2,1H3,(H,17,18)(H,19,20). The van der Waals surface area contributed by atoms with Gasteiger partial charge in [-0.15, -0.1) is 0 Å². The van der Waals surface area contributed by atoms with Crippen LogP contribution in [0.5, 0.6) is 0 Å². The summed E-state index contributed by atoms with van der Waals surface area (Å²) >= 11 is 0. The summed E-state index contributed by atoms with van der Waals surface area (Å²) in [7, 11) is 0. The van der Waals surface area contributed by atoms with Crippen molar-refractivity contribution in [1.29, 1.82) is 0 Å². The molecule has 0 bridgehead atoms. The maximum absolute atomic E-state index is 12.1. The fraction of sp³-hybridized carbons (Fsp3) is 0.533. The zero-order valence-corrected chi connectivity index (χ0v) is 11.6. The third kappa shape index (κ3) is 3.15. The number of amides is 1. The molecule has 0 aliphatic heterocycles. The van der Waals surface area contributed by atoms with Crippen LogP contribution in [-0.2, 0) is 22.6 Å². The van der Waals surface area contributed by atoms with Gasteiger partial charge in [0, 0.05) is 6.20 Å². The molecule has 0 saturated heterocycles. The van der Waals surface area contributed by atoms with Crippen LogP contribution in [0.15, 0.2) is 18.3 Å². The number of aryl methyl sites for hydroxylation is 1. The molecule has 5 heteroatoms. The number of carbonyl (C=O) groups is 2. The van der Waals surface area contributed by atoms with E-state index in [1.54, 1.807) is 6.20 Å². The van der Waals surface area contributed by atoms with Crippen LogP contribution in [0.3, 0.4) is 0 Å². The summed E-state index contributed by atoms with van der Waals surface area (Å²) in [5.41, 5.74) is 1.96. The summed E-state index contributed by atoms with van der Waals surface area (Å²) in [5.74, 6) is -1.97. The Morgan fingerprint density at radius 2 is 2.15 bits per heavy atom. The SMILES string of the molecule is CCc1cccnc1CNC(=O)C1CCCC1C(=O)O. The second kappa shape index (κ2) is 6.50. The van der Waals surface area contributed by atoms with Gasteiger partial charge >= 0.3 is 5.97 Å². The topological polar surface area (TPSA) is 79.3 Å². The normalized spacial score (nSPS) is 21.6. The molecule has 1 aromatic heterocycles. The van der Waals surface area contributed by atoms with E-state index < -0.39 is 17.8 Å². The molecule has 1 fully saturated rings. The van der Waals surface area contributed by atoms with E-state index in [9.17, 15) is 9.59 Å². The number of aliphatic carboxylic acids is 1. The molecule has 1 aromatic rings. The van der Waals surface area contributed by atoms with Crippen LogP contribution in [0.2, 0.25) is 0 Å². The highest BCUT2D eigenvalue weighted by Crippen LogP contribution is 2.32. The molecule has 0 spiro atoms. The first-order chi connectivity index (χ1) is 9.63. The van der Waals surface area contributed by atoms with Gasteiger partial charge in [-0.2, -0.15) is 0 Å². The Hall–Kier alpha value is -1.91. The minimum atomic E-state index is -0.866. The minimum Gasteiger partial charge on any atom is -0.481 e. The average Bonchev–Trinajstić information content (AvgIpc) is 2.94. The van der Waals surface area contributed by atoms with Crippen LogP contribution in [0.25, 0.3) is 0 Å². The van der Waals surface area contributed by atoms with E-state index in [1.165, 1.54) is 0 Å². The largest absolute Gasteiger partial charge is 0.481 e. The summed E-state index contributed by atoms with van der Waals surface area (Å²) in [6, 6.07) is 3.87. The van der Waals surface area contributed by atoms with Crippen LogP contribution in [0.1, 0.15) is 37.4 Å². The maximum Gasteiger partial charge on any atom is 0.307 e. The van der Waals surface area contributed by atoms with E-state index in [2.05, 4.69) is 10.3 Å². The number of carboxylic acid groups (broad SMARTS) is 1. The zero-order valence-electron chi connectivity index (χ0n) is 11.6. The number of carboxylic acids is 1. The molecule has 1 amide bonds. The molecule has 0 radical (unpaired) electrons. The lowest BCUT2D eigenvalue weighted by Gasteiger charge is -2.16. The van der Waals surface area contributed by atoms with Crippen LogP contribution in [0.4, 0.5) is 0 Å². The van der Waals surface area contributed by atoms with Crippen LogP contribution < -0.4 is 5.32 Å². The molecule has 2 rings (SSSR count). The smallest absolute Gasteiger partial charge is 0.307 e. The van der Waals surface area contributed by atoms with Crippen LogP contribution >= 0.6 is 0 Å². The Balaban J connectivity index is 1.97. The van der Waals surface area contributed by atoms with Crippen molar-refractivity contribution in [1.82, 2.24) is 10.3 Å². The number of carbonyl (C=O) groups excluding carboxylic acids is 1. The third-order valence-corrected chi connectivity index (χ3v) is 3.97. The van der Waals surface area contributed by atoms with Gasteiger partial charge in [-0.1, -0.05) is 19.4 Å². The van der Waals surface area contributed by atoms with Gasteiger partial charge in [-0.3, -0.25) is 14.6 Å². The van der Waals surface area contributed by atoms with Gasteiger partial charge in [0.15, 0.2) is 0 Å². The monoisotopic (exact) mass is 276 g/mol. The van der Waals surface area contributed by atoms with E-state index in [4.69, 9.17) is 5.11 Å². The van der Waals surface area contributed by atoms with Crippen molar-refractivity contribution in [2.75, 3.05) is 0 Å². The van der Waals surface area contributed by atoms with Gasteiger partial charge in [0.25, 0.3) is 0 Å². The fourth-order valence-electron chi connectivity index (χ4n) is 2.82. The molecule has 1 aliphatic carbocycles. The number of pyridine rings is 1. The zero-order chi connectivity index (χ0) is 14.5. The van der Waals surface area contributed by atoms with Gasteiger partial charge in [-0.05, 0) is 30.9 Å². The quantitative estimate of drug-likeness (QED) is 0.859. The van der Waals surface area contributed by atoms with Crippen molar-refractivity contribution in [3.63, 3.8) is 0 Å². The molecule has 2 unspecified atom stereocenters. The Labute approximate surface area is 118 Å².